The van der Waals surface area contributed by atoms with Crippen molar-refractivity contribution in [3.63, 3.8) is 0 Å². The summed E-state index contributed by atoms with van der Waals surface area (Å²) in [6.45, 7) is 4.01. The summed E-state index contributed by atoms with van der Waals surface area (Å²) in [6, 6.07) is 4.53. The summed E-state index contributed by atoms with van der Waals surface area (Å²) in [4.78, 5) is 24.1. The first-order valence-electron chi connectivity index (χ1n) is 5.99. The van der Waals surface area contributed by atoms with Gasteiger partial charge in [-0.1, -0.05) is 19.9 Å². The summed E-state index contributed by atoms with van der Waals surface area (Å²) < 4.78 is 0. The molecule has 2 amide bonds. The number of hydrogen-bond donors (Lipinski definition) is 3. The standard InChI is InChI=1S/C13H17N3O2/c1-7(2)6-10-12(17)15-9-5-3-4-8(14)11(9)13(18)16-10/h3-5,7,10H,6,14H2,1-2H3,(H,15,17)(H,16,18)/t10-/m0/s1. The van der Waals surface area contributed by atoms with E-state index in [0.717, 1.165) is 0 Å². The number of carbonyl (C=O) groups excluding carboxylic acids is 2. The second-order valence-corrected chi connectivity index (χ2v) is 4.91. The molecular weight excluding hydrogens is 230 g/mol. The van der Waals surface area contributed by atoms with E-state index in [2.05, 4.69) is 10.6 Å². The maximum Gasteiger partial charge on any atom is 0.256 e. The van der Waals surface area contributed by atoms with Crippen LogP contribution in [0.2, 0.25) is 0 Å². The smallest absolute Gasteiger partial charge is 0.256 e. The van der Waals surface area contributed by atoms with E-state index in [1.54, 1.807) is 18.2 Å². The van der Waals surface area contributed by atoms with Crippen LogP contribution >= 0.6 is 0 Å². The maximum absolute atomic E-state index is 12.1. The van der Waals surface area contributed by atoms with Crippen molar-refractivity contribution < 1.29 is 9.59 Å². The molecule has 1 aliphatic heterocycles. The molecule has 1 aromatic carbocycles. The number of hydrogen-bond acceptors (Lipinski definition) is 3. The Balaban J connectivity index is 2.35. The van der Waals surface area contributed by atoms with Gasteiger partial charge < -0.3 is 16.4 Å². The summed E-state index contributed by atoms with van der Waals surface area (Å²) in [5.74, 6) is -0.173. The van der Waals surface area contributed by atoms with Gasteiger partial charge in [0.25, 0.3) is 5.91 Å². The van der Waals surface area contributed by atoms with Crippen molar-refractivity contribution >= 4 is 23.2 Å². The minimum absolute atomic E-state index is 0.193. The van der Waals surface area contributed by atoms with Gasteiger partial charge in [-0.3, -0.25) is 9.59 Å². The largest absolute Gasteiger partial charge is 0.398 e. The minimum Gasteiger partial charge on any atom is -0.398 e. The zero-order valence-corrected chi connectivity index (χ0v) is 10.5. The van der Waals surface area contributed by atoms with Gasteiger partial charge in [-0.05, 0) is 24.5 Å². The van der Waals surface area contributed by atoms with E-state index in [0.29, 0.717) is 29.3 Å². The number of carbonyl (C=O) groups is 2. The van der Waals surface area contributed by atoms with Crippen LogP contribution in [0.15, 0.2) is 18.2 Å². The number of benzene rings is 1. The highest BCUT2D eigenvalue weighted by atomic mass is 16.2. The van der Waals surface area contributed by atoms with Crippen molar-refractivity contribution in [3.8, 4) is 0 Å². The zero-order valence-electron chi connectivity index (χ0n) is 10.5. The van der Waals surface area contributed by atoms with E-state index in [4.69, 9.17) is 5.73 Å². The van der Waals surface area contributed by atoms with Crippen LogP contribution in [0.3, 0.4) is 0 Å². The third-order valence-corrected chi connectivity index (χ3v) is 2.91. The fraction of sp³-hybridized carbons (Fsp3) is 0.385. The molecule has 1 atom stereocenters. The van der Waals surface area contributed by atoms with Gasteiger partial charge >= 0.3 is 0 Å². The first-order valence-corrected chi connectivity index (χ1v) is 5.99. The molecule has 4 N–H and O–H groups in total. The normalized spacial score (nSPS) is 18.9. The van der Waals surface area contributed by atoms with Gasteiger partial charge in [0.1, 0.15) is 6.04 Å². The monoisotopic (exact) mass is 247 g/mol. The van der Waals surface area contributed by atoms with Gasteiger partial charge in [-0.2, -0.15) is 0 Å². The predicted octanol–water partition coefficient (Wildman–Crippen LogP) is 1.37. The molecule has 0 saturated carbocycles. The van der Waals surface area contributed by atoms with E-state index < -0.39 is 6.04 Å². The number of nitrogens with two attached hydrogens (primary N) is 1. The van der Waals surface area contributed by atoms with Crippen LogP contribution in [0.5, 0.6) is 0 Å². The Bertz CT molecular complexity index is 497. The molecule has 0 spiro atoms. The molecule has 96 valence electrons. The second-order valence-electron chi connectivity index (χ2n) is 4.91. The van der Waals surface area contributed by atoms with Crippen LogP contribution in [-0.2, 0) is 4.79 Å². The maximum atomic E-state index is 12.1. The van der Waals surface area contributed by atoms with Crippen LogP contribution in [0.1, 0.15) is 30.6 Å². The van der Waals surface area contributed by atoms with E-state index in [-0.39, 0.29) is 11.8 Å². The SMILES string of the molecule is CC(C)C[C@@H]1NC(=O)c2c(N)cccc2NC1=O. The highest BCUT2D eigenvalue weighted by Crippen LogP contribution is 2.25. The summed E-state index contributed by atoms with van der Waals surface area (Å²) >= 11 is 0. The van der Waals surface area contributed by atoms with Crippen LogP contribution in [-0.4, -0.2) is 17.9 Å². The zero-order chi connectivity index (χ0) is 13.3. The minimum atomic E-state index is -0.510. The molecule has 0 bridgehead atoms. The lowest BCUT2D eigenvalue weighted by Crippen LogP contribution is -2.42. The number of anilines is 2. The molecule has 0 unspecified atom stereocenters. The Morgan fingerprint density at radius 3 is 2.72 bits per heavy atom. The van der Waals surface area contributed by atoms with Crippen molar-refractivity contribution in [2.45, 2.75) is 26.3 Å². The first kappa shape index (κ1) is 12.4. The van der Waals surface area contributed by atoms with Crippen LogP contribution < -0.4 is 16.4 Å². The molecule has 0 aromatic heterocycles. The Kier molecular flexibility index (Phi) is 3.23. The Labute approximate surface area is 106 Å². The number of rotatable bonds is 2. The topological polar surface area (TPSA) is 84.2 Å². The van der Waals surface area contributed by atoms with Crippen molar-refractivity contribution in [1.82, 2.24) is 5.32 Å². The van der Waals surface area contributed by atoms with E-state index >= 15 is 0 Å². The number of fused-ring (bicyclic) bond motifs is 1. The lowest BCUT2D eigenvalue weighted by atomic mass is 10.0. The average molecular weight is 247 g/mol. The highest BCUT2D eigenvalue weighted by molar-refractivity contribution is 6.12. The van der Waals surface area contributed by atoms with Crippen molar-refractivity contribution in [2.75, 3.05) is 11.1 Å². The predicted molar refractivity (Wildman–Crippen MR) is 70.2 cm³/mol. The molecule has 0 saturated heterocycles. The number of nitrogen functional groups attached to an aromatic ring is 1. The van der Waals surface area contributed by atoms with Gasteiger partial charge in [0, 0.05) is 5.69 Å². The molecule has 5 nitrogen and oxygen atoms in total. The Hall–Kier alpha value is -2.04. The third kappa shape index (κ3) is 2.30. The lowest BCUT2D eigenvalue weighted by Gasteiger charge is -2.16. The summed E-state index contributed by atoms with van der Waals surface area (Å²) in [5, 5.41) is 5.47. The highest BCUT2D eigenvalue weighted by Gasteiger charge is 2.29. The van der Waals surface area contributed by atoms with Gasteiger partial charge in [0.05, 0.1) is 11.3 Å². The van der Waals surface area contributed by atoms with Crippen molar-refractivity contribution in [1.29, 1.82) is 0 Å². The van der Waals surface area contributed by atoms with Gasteiger partial charge in [-0.25, -0.2) is 0 Å². The van der Waals surface area contributed by atoms with Crippen LogP contribution in [0.4, 0.5) is 11.4 Å². The number of nitrogens with one attached hydrogen (secondary N) is 2. The molecule has 2 rings (SSSR count). The van der Waals surface area contributed by atoms with Gasteiger partial charge in [0.2, 0.25) is 5.91 Å². The van der Waals surface area contributed by atoms with E-state index in [1.807, 2.05) is 13.8 Å². The third-order valence-electron chi connectivity index (χ3n) is 2.91. The van der Waals surface area contributed by atoms with Crippen LogP contribution in [0, 0.1) is 5.92 Å². The molecule has 18 heavy (non-hydrogen) atoms. The summed E-state index contributed by atoms with van der Waals surface area (Å²) in [7, 11) is 0. The Morgan fingerprint density at radius 1 is 1.33 bits per heavy atom. The molecule has 5 heteroatoms. The van der Waals surface area contributed by atoms with Gasteiger partial charge in [-0.15, -0.1) is 0 Å². The second kappa shape index (κ2) is 4.68. The average Bonchev–Trinajstić information content (AvgIpc) is 2.37. The van der Waals surface area contributed by atoms with E-state index in [1.165, 1.54) is 0 Å². The lowest BCUT2D eigenvalue weighted by molar-refractivity contribution is -0.118. The molecule has 1 heterocycles. The molecular formula is C13H17N3O2. The van der Waals surface area contributed by atoms with Crippen molar-refractivity contribution in [2.24, 2.45) is 5.92 Å². The quantitative estimate of drug-likeness (QED) is 0.690. The molecule has 1 aliphatic rings. The first-order chi connectivity index (χ1) is 8.49. The fourth-order valence-corrected chi connectivity index (χ4v) is 2.08. The van der Waals surface area contributed by atoms with Crippen molar-refractivity contribution in [3.05, 3.63) is 23.8 Å². The molecule has 0 aliphatic carbocycles. The summed E-state index contributed by atoms with van der Waals surface area (Å²) in [5.41, 5.74) is 6.97. The van der Waals surface area contributed by atoms with E-state index in [9.17, 15) is 9.59 Å². The fourth-order valence-electron chi connectivity index (χ4n) is 2.08. The molecule has 0 radical (unpaired) electrons. The Morgan fingerprint density at radius 2 is 2.06 bits per heavy atom. The molecule has 1 aromatic rings. The number of amides is 2. The van der Waals surface area contributed by atoms with Crippen LogP contribution in [0.25, 0.3) is 0 Å². The van der Waals surface area contributed by atoms with Gasteiger partial charge in [0.15, 0.2) is 0 Å². The molecule has 0 fully saturated rings. The summed E-state index contributed by atoms with van der Waals surface area (Å²) in [6.07, 6.45) is 0.603.